The van der Waals surface area contributed by atoms with Crippen molar-refractivity contribution in [2.45, 2.75) is 6.10 Å². The lowest BCUT2D eigenvalue weighted by Crippen LogP contribution is -2.07. The number of carbonyl (C=O) groups is 1. The molecule has 0 saturated heterocycles. The summed E-state index contributed by atoms with van der Waals surface area (Å²) in [4.78, 5) is 11.1. The average molecular weight is 175 g/mol. The summed E-state index contributed by atoms with van der Waals surface area (Å²) in [5.74, 6) is -0.205. The lowest BCUT2D eigenvalue weighted by atomic mass is 10.1. The smallest absolute Gasteiger partial charge is 0.248 e. The van der Waals surface area contributed by atoms with E-state index in [1.165, 1.54) is 12.2 Å². The monoisotopic (exact) mass is 175 g/mol. The van der Waals surface area contributed by atoms with Gasteiger partial charge in [-0.3, -0.25) is 4.79 Å². The molecule has 0 radical (unpaired) electrons. The molecule has 1 heterocycles. The fourth-order valence-electron chi connectivity index (χ4n) is 1.33. The Morgan fingerprint density at radius 1 is 1.31 bits per heavy atom. The van der Waals surface area contributed by atoms with E-state index in [1.807, 2.05) is 12.1 Å². The van der Waals surface area contributed by atoms with E-state index in [-0.39, 0.29) is 5.91 Å². The van der Waals surface area contributed by atoms with Crippen molar-refractivity contribution in [1.82, 2.24) is 0 Å². The number of fused-ring (bicyclic) bond motifs is 1. The molecule has 1 amide bonds. The molecule has 2 rings (SSSR count). The summed E-state index contributed by atoms with van der Waals surface area (Å²) < 4.78 is 0. The Balaban J connectivity index is 2.51. The van der Waals surface area contributed by atoms with Crippen molar-refractivity contribution in [2.24, 2.45) is 0 Å². The summed E-state index contributed by atoms with van der Waals surface area (Å²) in [6.07, 6.45) is 2.11. The second kappa shape index (κ2) is 3.03. The number of hydrogen-bond donors (Lipinski definition) is 2. The Morgan fingerprint density at radius 2 is 2.08 bits per heavy atom. The Hall–Kier alpha value is -1.61. The van der Waals surface area contributed by atoms with Crippen LogP contribution in [0.25, 0.3) is 0 Å². The van der Waals surface area contributed by atoms with E-state index in [0.717, 1.165) is 5.56 Å². The number of amides is 1. The fraction of sp³-hybridized carbons (Fsp3) is 0.100. The van der Waals surface area contributed by atoms with Gasteiger partial charge in [-0.05, 0) is 12.1 Å². The van der Waals surface area contributed by atoms with Crippen LogP contribution in [-0.4, -0.2) is 11.0 Å². The number of rotatable bonds is 0. The number of aliphatic hydroxyl groups excluding tert-OH is 1. The number of aliphatic hydroxyl groups is 1. The van der Waals surface area contributed by atoms with Gasteiger partial charge < -0.3 is 10.4 Å². The van der Waals surface area contributed by atoms with E-state index >= 15 is 0 Å². The molecule has 1 aromatic carbocycles. The van der Waals surface area contributed by atoms with Gasteiger partial charge in [0.15, 0.2) is 0 Å². The van der Waals surface area contributed by atoms with Crippen LogP contribution in [0.4, 0.5) is 5.69 Å². The molecule has 0 saturated carbocycles. The van der Waals surface area contributed by atoms with Gasteiger partial charge in [0.1, 0.15) is 0 Å². The van der Waals surface area contributed by atoms with E-state index in [0.29, 0.717) is 5.69 Å². The van der Waals surface area contributed by atoms with Crippen LogP contribution in [0.5, 0.6) is 0 Å². The van der Waals surface area contributed by atoms with Gasteiger partial charge in [0, 0.05) is 17.3 Å². The third kappa shape index (κ3) is 1.46. The minimum absolute atomic E-state index is 0.205. The van der Waals surface area contributed by atoms with Gasteiger partial charge >= 0.3 is 0 Å². The second-order valence-corrected chi connectivity index (χ2v) is 2.88. The van der Waals surface area contributed by atoms with Crippen molar-refractivity contribution in [3.05, 3.63) is 42.0 Å². The van der Waals surface area contributed by atoms with Gasteiger partial charge in [-0.15, -0.1) is 0 Å². The molecule has 2 N–H and O–H groups in total. The van der Waals surface area contributed by atoms with Crippen LogP contribution in [-0.2, 0) is 4.79 Å². The molecule has 66 valence electrons. The third-order valence-corrected chi connectivity index (χ3v) is 1.97. The maximum absolute atomic E-state index is 11.1. The normalized spacial score (nSPS) is 20.4. The van der Waals surface area contributed by atoms with E-state index in [9.17, 15) is 9.90 Å². The minimum Gasteiger partial charge on any atom is -0.384 e. The molecule has 3 heteroatoms. The summed E-state index contributed by atoms with van der Waals surface area (Å²) in [6, 6.07) is 7.20. The Bertz CT molecular complexity index is 371. The zero-order valence-corrected chi connectivity index (χ0v) is 6.90. The maximum atomic E-state index is 11.1. The van der Waals surface area contributed by atoms with Crippen LogP contribution in [0, 0.1) is 0 Å². The second-order valence-electron chi connectivity index (χ2n) is 2.88. The largest absolute Gasteiger partial charge is 0.384 e. The Morgan fingerprint density at radius 3 is 2.92 bits per heavy atom. The molecule has 0 aromatic heterocycles. The van der Waals surface area contributed by atoms with Gasteiger partial charge in [-0.1, -0.05) is 18.2 Å². The number of para-hydroxylation sites is 1. The number of anilines is 1. The zero-order valence-electron chi connectivity index (χ0n) is 6.90. The Kier molecular flexibility index (Phi) is 1.87. The van der Waals surface area contributed by atoms with Gasteiger partial charge in [0.05, 0.1) is 6.10 Å². The fourth-order valence-corrected chi connectivity index (χ4v) is 1.33. The van der Waals surface area contributed by atoms with Crippen LogP contribution < -0.4 is 5.32 Å². The standard InChI is InChI=1S/C10H9NO2/c12-9-5-6-10(13)11-8-4-2-1-3-7(8)9/h1-6,9,12H,(H,11,13). The predicted molar refractivity (Wildman–Crippen MR) is 49.2 cm³/mol. The Labute approximate surface area is 75.7 Å². The van der Waals surface area contributed by atoms with Crippen LogP contribution in [0.3, 0.4) is 0 Å². The summed E-state index contributed by atoms with van der Waals surface area (Å²) >= 11 is 0. The molecule has 1 aliphatic heterocycles. The number of nitrogens with one attached hydrogen (secondary N) is 1. The van der Waals surface area contributed by atoms with Crippen LogP contribution >= 0.6 is 0 Å². The highest BCUT2D eigenvalue weighted by molar-refractivity contribution is 6.00. The van der Waals surface area contributed by atoms with Crippen molar-refractivity contribution in [1.29, 1.82) is 0 Å². The first kappa shape index (κ1) is 8.01. The van der Waals surface area contributed by atoms with E-state index < -0.39 is 6.10 Å². The molecule has 0 bridgehead atoms. The molecule has 1 aliphatic rings. The quantitative estimate of drug-likeness (QED) is 0.623. The lowest BCUT2D eigenvalue weighted by molar-refractivity contribution is -0.111. The van der Waals surface area contributed by atoms with E-state index in [1.54, 1.807) is 12.1 Å². The van der Waals surface area contributed by atoms with Gasteiger partial charge in [-0.2, -0.15) is 0 Å². The van der Waals surface area contributed by atoms with Gasteiger partial charge in [0.2, 0.25) is 5.91 Å². The molecule has 1 aromatic rings. The number of carbonyl (C=O) groups excluding carboxylic acids is 1. The first-order valence-electron chi connectivity index (χ1n) is 4.03. The molecule has 0 aliphatic carbocycles. The summed E-state index contributed by atoms with van der Waals surface area (Å²) in [6.45, 7) is 0. The van der Waals surface area contributed by atoms with Crippen LogP contribution in [0.15, 0.2) is 36.4 Å². The molecule has 1 atom stereocenters. The molecule has 1 unspecified atom stereocenters. The van der Waals surface area contributed by atoms with Crippen LogP contribution in [0.2, 0.25) is 0 Å². The minimum atomic E-state index is -0.699. The van der Waals surface area contributed by atoms with Gasteiger partial charge in [-0.25, -0.2) is 0 Å². The molecule has 13 heavy (non-hydrogen) atoms. The topological polar surface area (TPSA) is 49.3 Å². The van der Waals surface area contributed by atoms with Crippen molar-refractivity contribution in [3.63, 3.8) is 0 Å². The van der Waals surface area contributed by atoms with Crippen molar-refractivity contribution in [3.8, 4) is 0 Å². The lowest BCUT2D eigenvalue weighted by Gasteiger charge is -2.08. The maximum Gasteiger partial charge on any atom is 0.248 e. The van der Waals surface area contributed by atoms with Crippen molar-refractivity contribution >= 4 is 11.6 Å². The average Bonchev–Trinajstić information content (AvgIpc) is 2.27. The summed E-state index contributed by atoms with van der Waals surface area (Å²) in [5, 5.41) is 12.2. The van der Waals surface area contributed by atoms with Crippen LogP contribution in [0.1, 0.15) is 11.7 Å². The number of hydrogen-bond acceptors (Lipinski definition) is 2. The first-order valence-corrected chi connectivity index (χ1v) is 4.03. The molecular formula is C10H9NO2. The highest BCUT2D eigenvalue weighted by Gasteiger charge is 2.13. The van der Waals surface area contributed by atoms with E-state index in [2.05, 4.69) is 5.32 Å². The summed E-state index contributed by atoms with van der Waals surface area (Å²) in [5.41, 5.74) is 1.40. The van der Waals surface area contributed by atoms with Crippen molar-refractivity contribution < 1.29 is 9.90 Å². The predicted octanol–water partition coefficient (Wildman–Crippen LogP) is 1.23. The summed E-state index contributed by atoms with van der Waals surface area (Å²) in [7, 11) is 0. The molecule has 0 fully saturated rings. The SMILES string of the molecule is O=C1C=CC(O)c2ccccc2N1. The van der Waals surface area contributed by atoms with Crippen molar-refractivity contribution in [2.75, 3.05) is 5.32 Å². The highest BCUT2D eigenvalue weighted by atomic mass is 16.3. The molecule has 0 spiro atoms. The zero-order chi connectivity index (χ0) is 9.26. The first-order chi connectivity index (χ1) is 6.27. The highest BCUT2D eigenvalue weighted by Crippen LogP contribution is 2.25. The molecule has 3 nitrogen and oxygen atoms in total. The third-order valence-electron chi connectivity index (χ3n) is 1.97. The molecular weight excluding hydrogens is 166 g/mol. The van der Waals surface area contributed by atoms with Gasteiger partial charge in [0.25, 0.3) is 0 Å². The number of benzene rings is 1. The van der Waals surface area contributed by atoms with E-state index in [4.69, 9.17) is 0 Å².